The number of rotatable bonds is 5. The Morgan fingerprint density at radius 2 is 2.36 bits per heavy atom. The smallest absolute Gasteiger partial charge is 0.0843 e. The normalized spacial score (nSPS) is 15.4. The summed E-state index contributed by atoms with van der Waals surface area (Å²) in [5.74, 6) is 0. The molecule has 1 aromatic heterocycles. The van der Waals surface area contributed by atoms with E-state index in [2.05, 4.69) is 15.6 Å². The van der Waals surface area contributed by atoms with Crippen molar-refractivity contribution in [3.8, 4) is 0 Å². The maximum atomic E-state index is 5.26. The fraction of sp³-hybridized carbons (Fsp3) is 0.778. The number of ether oxygens (including phenoxy) is 1. The zero-order chi connectivity index (χ0) is 10.6. The van der Waals surface area contributed by atoms with E-state index in [9.17, 15) is 0 Å². The van der Waals surface area contributed by atoms with Crippen molar-refractivity contribution < 1.29 is 4.74 Å². The molecule has 0 fully saturated rings. The number of aryl methyl sites for hydroxylation is 1. The molecule has 0 aromatic carbocycles. The number of nitrogens with one attached hydrogen (secondary N) is 1. The summed E-state index contributed by atoms with van der Waals surface area (Å²) in [5, 5.41) is 11.1. The minimum atomic E-state index is 0.169. The highest BCUT2D eigenvalue weighted by molar-refractivity contribution is 4.96. The van der Waals surface area contributed by atoms with E-state index in [1.807, 2.05) is 27.2 Å². The summed E-state index contributed by atoms with van der Waals surface area (Å²) >= 11 is 0. The lowest BCUT2D eigenvalue weighted by Crippen LogP contribution is -2.38. The average molecular weight is 198 g/mol. The second-order valence-corrected chi connectivity index (χ2v) is 3.42. The van der Waals surface area contributed by atoms with E-state index in [1.54, 1.807) is 11.8 Å². The Balaban J connectivity index is 2.56. The Labute approximate surface area is 84.4 Å². The van der Waals surface area contributed by atoms with Crippen LogP contribution in [0.1, 0.15) is 12.6 Å². The van der Waals surface area contributed by atoms with Crippen LogP contribution in [0.4, 0.5) is 0 Å². The molecular weight excluding hydrogens is 180 g/mol. The molecule has 2 unspecified atom stereocenters. The van der Waals surface area contributed by atoms with Crippen molar-refractivity contribution in [2.24, 2.45) is 7.05 Å². The SMILES string of the molecule is CNC(Cc1cn(C)nn1)C(C)OC. The zero-order valence-electron chi connectivity index (χ0n) is 9.19. The standard InChI is InChI=1S/C9H18N4O/c1-7(14-4)9(10-2)5-8-6-13(3)12-11-8/h6-7,9-10H,5H2,1-4H3. The minimum Gasteiger partial charge on any atom is -0.380 e. The Bertz CT molecular complexity index is 274. The van der Waals surface area contributed by atoms with Crippen LogP contribution in [0.15, 0.2) is 6.20 Å². The molecule has 0 saturated heterocycles. The number of nitrogens with zero attached hydrogens (tertiary/aromatic N) is 3. The lowest BCUT2D eigenvalue weighted by Gasteiger charge is -2.20. The molecule has 0 amide bonds. The van der Waals surface area contributed by atoms with Crippen LogP contribution in [-0.4, -0.2) is 41.3 Å². The summed E-state index contributed by atoms with van der Waals surface area (Å²) in [7, 11) is 5.51. The van der Waals surface area contributed by atoms with Crippen LogP contribution < -0.4 is 5.32 Å². The summed E-state index contributed by atoms with van der Waals surface area (Å²) in [6.07, 6.45) is 2.92. The number of aromatic nitrogens is 3. The molecule has 5 nitrogen and oxygen atoms in total. The largest absolute Gasteiger partial charge is 0.380 e. The van der Waals surface area contributed by atoms with Gasteiger partial charge >= 0.3 is 0 Å². The van der Waals surface area contributed by atoms with Crippen LogP contribution in [-0.2, 0) is 18.2 Å². The van der Waals surface area contributed by atoms with Gasteiger partial charge in [0.05, 0.1) is 11.8 Å². The molecule has 0 aliphatic carbocycles. The molecule has 1 N–H and O–H groups in total. The minimum absolute atomic E-state index is 0.169. The van der Waals surface area contributed by atoms with Gasteiger partial charge in [-0.1, -0.05) is 5.21 Å². The molecule has 1 heterocycles. The first-order valence-corrected chi connectivity index (χ1v) is 4.72. The lowest BCUT2D eigenvalue weighted by molar-refractivity contribution is 0.0854. The molecule has 80 valence electrons. The summed E-state index contributed by atoms with van der Waals surface area (Å²) in [4.78, 5) is 0. The molecule has 0 aliphatic rings. The van der Waals surface area contributed by atoms with Gasteiger partial charge in [0.1, 0.15) is 0 Å². The maximum absolute atomic E-state index is 5.26. The molecule has 1 rings (SSSR count). The summed E-state index contributed by atoms with van der Waals surface area (Å²) < 4.78 is 6.97. The van der Waals surface area contributed by atoms with E-state index in [-0.39, 0.29) is 12.1 Å². The number of methoxy groups -OCH3 is 1. The van der Waals surface area contributed by atoms with Gasteiger partial charge < -0.3 is 10.1 Å². The van der Waals surface area contributed by atoms with Crippen molar-refractivity contribution in [2.75, 3.05) is 14.2 Å². The van der Waals surface area contributed by atoms with E-state index in [4.69, 9.17) is 4.74 Å². The van der Waals surface area contributed by atoms with Crippen molar-refractivity contribution in [3.05, 3.63) is 11.9 Å². The van der Waals surface area contributed by atoms with Crippen molar-refractivity contribution in [3.63, 3.8) is 0 Å². The van der Waals surface area contributed by atoms with Crippen LogP contribution >= 0.6 is 0 Å². The van der Waals surface area contributed by atoms with Gasteiger partial charge in [0.25, 0.3) is 0 Å². The highest BCUT2D eigenvalue weighted by Gasteiger charge is 2.16. The fourth-order valence-corrected chi connectivity index (χ4v) is 1.38. The van der Waals surface area contributed by atoms with Crippen LogP contribution in [0.25, 0.3) is 0 Å². The van der Waals surface area contributed by atoms with Crippen LogP contribution in [0.3, 0.4) is 0 Å². The highest BCUT2D eigenvalue weighted by Crippen LogP contribution is 2.04. The van der Waals surface area contributed by atoms with E-state index >= 15 is 0 Å². The van der Waals surface area contributed by atoms with Crippen LogP contribution in [0.2, 0.25) is 0 Å². The first-order chi connectivity index (χ1) is 6.67. The van der Waals surface area contributed by atoms with Gasteiger partial charge in [-0.2, -0.15) is 0 Å². The first kappa shape index (κ1) is 11.1. The average Bonchev–Trinajstić information content (AvgIpc) is 2.59. The predicted octanol–water partition coefficient (Wildman–Crippen LogP) is -0.0195. The number of hydrogen-bond acceptors (Lipinski definition) is 4. The zero-order valence-corrected chi connectivity index (χ0v) is 9.19. The van der Waals surface area contributed by atoms with E-state index in [0.717, 1.165) is 12.1 Å². The molecule has 0 bridgehead atoms. The first-order valence-electron chi connectivity index (χ1n) is 4.72. The molecule has 14 heavy (non-hydrogen) atoms. The third kappa shape index (κ3) is 2.78. The Morgan fingerprint density at radius 3 is 2.79 bits per heavy atom. The molecule has 0 saturated carbocycles. The molecule has 5 heteroatoms. The van der Waals surface area contributed by atoms with Gasteiger partial charge in [0.2, 0.25) is 0 Å². The third-order valence-corrected chi connectivity index (χ3v) is 2.39. The van der Waals surface area contributed by atoms with Gasteiger partial charge in [-0.05, 0) is 14.0 Å². The van der Waals surface area contributed by atoms with Crippen molar-refractivity contribution in [2.45, 2.75) is 25.5 Å². The van der Waals surface area contributed by atoms with Crippen LogP contribution in [0, 0.1) is 0 Å². The topological polar surface area (TPSA) is 52.0 Å². The van der Waals surface area contributed by atoms with E-state index in [1.165, 1.54) is 0 Å². The predicted molar refractivity (Wildman–Crippen MR) is 54.0 cm³/mol. The Morgan fingerprint density at radius 1 is 1.64 bits per heavy atom. The molecule has 0 radical (unpaired) electrons. The Kier molecular flexibility index (Phi) is 4.03. The molecule has 1 aromatic rings. The third-order valence-electron chi connectivity index (χ3n) is 2.39. The van der Waals surface area contributed by atoms with Gasteiger partial charge in [-0.25, -0.2) is 0 Å². The molecular formula is C9H18N4O. The summed E-state index contributed by atoms with van der Waals surface area (Å²) in [6, 6.07) is 0.275. The van der Waals surface area contributed by atoms with Crippen molar-refractivity contribution >= 4 is 0 Å². The van der Waals surface area contributed by atoms with Gasteiger partial charge in [-0.15, -0.1) is 5.10 Å². The highest BCUT2D eigenvalue weighted by atomic mass is 16.5. The molecule has 0 aliphatic heterocycles. The van der Waals surface area contributed by atoms with Gasteiger partial charge in [0.15, 0.2) is 0 Å². The van der Waals surface area contributed by atoms with E-state index in [0.29, 0.717) is 0 Å². The van der Waals surface area contributed by atoms with Crippen LogP contribution in [0.5, 0.6) is 0 Å². The molecule has 2 atom stereocenters. The fourth-order valence-electron chi connectivity index (χ4n) is 1.38. The lowest BCUT2D eigenvalue weighted by atomic mass is 10.1. The van der Waals surface area contributed by atoms with Crippen molar-refractivity contribution in [1.29, 1.82) is 0 Å². The summed E-state index contributed by atoms with van der Waals surface area (Å²) in [6.45, 7) is 2.04. The molecule has 0 spiro atoms. The van der Waals surface area contributed by atoms with E-state index < -0.39 is 0 Å². The number of likely N-dealkylation sites (N-methyl/N-ethyl adjacent to an activating group) is 1. The van der Waals surface area contributed by atoms with Crippen molar-refractivity contribution in [1.82, 2.24) is 20.3 Å². The summed E-state index contributed by atoms with van der Waals surface area (Å²) in [5.41, 5.74) is 0.982. The quantitative estimate of drug-likeness (QED) is 0.722. The Hall–Kier alpha value is -0.940. The second kappa shape index (κ2) is 5.07. The van der Waals surface area contributed by atoms with Gasteiger partial charge in [-0.3, -0.25) is 4.68 Å². The number of hydrogen-bond donors (Lipinski definition) is 1. The maximum Gasteiger partial charge on any atom is 0.0843 e. The van der Waals surface area contributed by atoms with Gasteiger partial charge in [0, 0.05) is 32.8 Å². The second-order valence-electron chi connectivity index (χ2n) is 3.42. The monoisotopic (exact) mass is 198 g/mol.